The Morgan fingerprint density at radius 1 is 0.373 bits per heavy atom. The molecule has 0 bridgehead atoms. The summed E-state index contributed by atoms with van der Waals surface area (Å²) in [5, 5.41) is 2.51. The number of benzene rings is 9. The average molecular weight is 755 g/mol. The van der Waals surface area contributed by atoms with Gasteiger partial charge in [-0.15, -0.1) is 0 Å². The molecule has 0 radical (unpaired) electrons. The van der Waals surface area contributed by atoms with Gasteiger partial charge in [0, 0.05) is 33.2 Å². The van der Waals surface area contributed by atoms with Crippen molar-refractivity contribution in [1.29, 1.82) is 0 Å². The van der Waals surface area contributed by atoms with Crippen molar-refractivity contribution in [2.45, 2.75) is 19.3 Å². The van der Waals surface area contributed by atoms with Crippen LogP contribution in [0, 0.1) is 0 Å². The molecule has 1 aliphatic rings. The van der Waals surface area contributed by atoms with Crippen molar-refractivity contribution in [2.75, 3.05) is 4.90 Å². The van der Waals surface area contributed by atoms with Gasteiger partial charge in [0.25, 0.3) is 0 Å². The molecule has 2 nitrogen and oxygen atoms in total. The number of nitrogens with zero attached hydrogens (tertiary/aromatic N) is 2. The van der Waals surface area contributed by atoms with Crippen molar-refractivity contribution >= 4 is 38.9 Å². The minimum Gasteiger partial charge on any atom is -0.310 e. The smallest absolute Gasteiger partial charge is 0.0547 e. The van der Waals surface area contributed by atoms with Crippen molar-refractivity contribution in [3.63, 3.8) is 0 Å². The molecule has 1 aromatic heterocycles. The number of anilines is 3. The van der Waals surface area contributed by atoms with Crippen LogP contribution >= 0.6 is 0 Å². The van der Waals surface area contributed by atoms with Gasteiger partial charge < -0.3 is 9.47 Å². The van der Waals surface area contributed by atoms with Crippen molar-refractivity contribution in [3.8, 4) is 50.2 Å². The first-order valence-corrected chi connectivity index (χ1v) is 20.5. The van der Waals surface area contributed by atoms with Crippen molar-refractivity contribution in [2.24, 2.45) is 0 Å². The molecule has 0 saturated heterocycles. The molecular weight excluding hydrogens is 713 g/mol. The molecule has 0 N–H and O–H groups in total. The van der Waals surface area contributed by atoms with E-state index < -0.39 is 0 Å². The first kappa shape index (κ1) is 34.8. The van der Waals surface area contributed by atoms with Crippen LogP contribution in [-0.2, 0) is 5.41 Å². The van der Waals surface area contributed by atoms with Crippen LogP contribution in [0.25, 0.3) is 72.0 Å². The van der Waals surface area contributed by atoms with E-state index >= 15 is 0 Å². The maximum atomic E-state index is 2.51. The van der Waals surface area contributed by atoms with Crippen molar-refractivity contribution in [3.05, 3.63) is 230 Å². The lowest BCUT2D eigenvalue weighted by molar-refractivity contribution is 0.656. The van der Waals surface area contributed by atoms with Gasteiger partial charge in [-0.25, -0.2) is 0 Å². The van der Waals surface area contributed by atoms with Gasteiger partial charge in [0.2, 0.25) is 0 Å². The molecule has 10 aromatic rings. The number of aromatic nitrogens is 1. The summed E-state index contributed by atoms with van der Waals surface area (Å²) >= 11 is 0. The highest BCUT2D eigenvalue weighted by atomic mass is 15.1. The highest BCUT2D eigenvalue weighted by Gasteiger charge is 2.38. The van der Waals surface area contributed by atoms with Crippen LogP contribution in [0.3, 0.4) is 0 Å². The second kappa shape index (κ2) is 13.9. The van der Waals surface area contributed by atoms with E-state index in [4.69, 9.17) is 0 Å². The van der Waals surface area contributed by atoms with Crippen molar-refractivity contribution in [1.82, 2.24) is 4.57 Å². The number of hydrogen-bond acceptors (Lipinski definition) is 1. The quantitative estimate of drug-likeness (QED) is 0.157. The minimum absolute atomic E-state index is 0.145. The zero-order valence-electron chi connectivity index (χ0n) is 33.2. The van der Waals surface area contributed by atoms with Crippen molar-refractivity contribution < 1.29 is 0 Å². The van der Waals surface area contributed by atoms with Gasteiger partial charge in [-0.1, -0.05) is 178 Å². The van der Waals surface area contributed by atoms with Gasteiger partial charge in [-0.3, -0.25) is 0 Å². The second-order valence-electron chi connectivity index (χ2n) is 16.1. The molecule has 1 aliphatic carbocycles. The fourth-order valence-electron chi connectivity index (χ4n) is 9.65. The predicted octanol–water partition coefficient (Wildman–Crippen LogP) is 15.6. The lowest BCUT2D eigenvalue weighted by Crippen LogP contribution is -2.17. The molecule has 2 heteroatoms. The molecule has 9 aromatic carbocycles. The lowest BCUT2D eigenvalue weighted by Gasteiger charge is -2.26. The first-order valence-electron chi connectivity index (χ1n) is 20.5. The SMILES string of the molecule is CC1(C)c2ccccc2-c2cccc(-n3c4ccccc4c4c(-c5cccc(N(c6ccc(-c7ccccc7)cc6)c6ccc(-c7ccccc7)cc6)c5)cccc43)c21. The number of hydrogen-bond donors (Lipinski definition) is 0. The van der Waals surface area contributed by atoms with Gasteiger partial charge in [0.1, 0.15) is 0 Å². The molecule has 0 fully saturated rings. The van der Waals surface area contributed by atoms with E-state index in [9.17, 15) is 0 Å². The Morgan fingerprint density at radius 3 is 1.58 bits per heavy atom. The topological polar surface area (TPSA) is 8.17 Å². The molecule has 0 atom stereocenters. The zero-order chi connectivity index (χ0) is 39.5. The van der Waals surface area contributed by atoms with E-state index in [0.717, 1.165) is 17.1 Å². The summed E-state index contributed by atoms with van der Waals surface area (Å²) in [6, 6.07) is 79.6. The molecule has 59 heavy (non-hydrogen) atoms. The monoisotopic (exact) mass is 754 g/mol. The van der Waals surface area contributed by atoms with Crippen LogP contribution < -0.4 is 4.90 Å². The molecular formula is C57H42N2. The number of para-hydroxylation sites is 1. The summed E-state index contributed by atoms with van der Waals surface area (Å²) in [6.45, 7) is 4.75. The van der Waals surface area contributed by atoms with Crippen LogP contribution in [0.4, 0.5) is 17.1 Å². The van der Waals surface area contributed by atoms with E-state index in [2.05, 4.69) is 242 Å². The third-order valence-electron chi connectivity index (χ3n) is 12.4. The molecule has 0 amide bonds. The van der Waals surface area contributed by atoms with Gasteiger partial charge in [0.05, 0.1) is 16.7 Å². The first-order chi connectivity index (χ1) is 29.0. The third kappa shape index (κ3) is 5.71. The number of rotatable bonds is 7. The molecule has 0 spiro atoms. The highest BCUT2D eigenvalue weighted by Crippen LogP contribution is 2.52. The lowest BCUT2D eigenvalue weighted by atomic mass is 9.81. The molecule has 1 heterocycles. The van der Waals surface area contributed by atoms with Gasteiger partial charge >= 0.3 is 0 Å². The standard InChI is InChI=1S/C57H42N2/c1-57(2)51-26-11-9-22-48(51)49-25-15-29-54(56(49)57)59-52-27-12-10-23-50(52)55-47(24-14-28-53(55)59)43-20-13-21-46(38-43)58(44-34-30-41(31-35-44)39-16-5-3-6-17-39)45-36-32-42(33-37-45)40-18-7-4-8-19-40/h3-38H,1-2H3. The summed E-state index contributed by atoms with van der Waals surface area (Å²) < 4.78 is 2.51. The average Bonchev–Trinajstić information content (AvgIpc) is 3.76. The van der Waals surface area contributed by atoms with Crippen LogP contribution in [-0.4, -0.2) is 4.57 Å². The van der Waals surface area contributed by atoms with E-state index in [-0.39, 0.29) is 5.41 Å². The Morgan fingerprint density at radius 2 is 0.881 bits per heavy atom. The van der Waals surface area contributed by atoms with Crippen LogP contribution in [0.5, 0.6) is 0 Å². The summed E-state index contributed by atoms with van der Waals surface area (Å²) in [6.07, 6.45) is 0. The van der Waals surface area contributed by atoms with E-state index in [1.807, 2.05) is 0 Å². The minimum atomic E-state index is -0.145. The molecule has 0 unspecified atom stereocenters. The summed E-state index contributed by atoms with van der Waals surface area (Å²) in [4.78, 5) is 2.38. The molecule has 0 aliphatic heterocycles. The molecule has 11 rings (SSSR count). The zero-order valence-corrected chi connectivity index (χ0v) is 33.2. The Kier molecular flexibility index (Phi) is 8.20. The largest absolute Gasteiger partial charge is 0.310 e. The van der Waals surface area contributed by atoms with E-state index in [1.165, 1.54) is 83.1 Å². The fourth-order valence-corrected chi connectivity index (χ4v) is 9.65. The Labute approximate surface area is 345 Å². The maximum absolute atomic E-state index is 2.51. The van der Waals surface area contributed by atoms with Crippen LogP contribution in [0.1, 0.15) is 25.0 Å². The molecule has 280 valence electrons. The van der Waals surface area contributed by atoms with Gasteiger partial charge in [0.15, 0.2) is 0 Å². The third-order valence-corrected chi connectivity index (χ3v) is 12.4. The number of fused-ring (bicyclic) bond motifs is 6. The summed E-state index contributed by atoms with van der Waals surface area (Å²) in [5.74, 6) is 0. The molecule has 0 saturated carbocycles. The van der Waals surface area contributed by atoms with Crippen LogP contribution in [0.2, 0.25) is 0 Å². The highest BCUT2D eigenvalue weighted by molar-refractivity contribution is 6.16. The van der Waals surface area contributed by atoms with E-state index in [0.29, 0.717) is 0 Å². The van der Waals surface area contributed by atoms with Gasteiger partial charge in [-0.05, 0) is 110 Å². The summed E-state index contributed by atoms with van der Waals surface area (Å²) in [5.41, 5.74) is 19.4. The normalized spacial score (nSPS) is 12.7. The predicted molar refractivity (Wildman–Crippen MR) is 249 cm³/mol. The maximum Gasteiger partial charge on any atom is 0.0547 e. The fraction of sp³-hybridized carbons (Fsp3) is 0.0526. The second-order valence-corrected chi connectivity index (χ2v) is 16.1. The summed E-state index contributed by atoms with van der Waals surface area (Å²) in [7, 11) is 0. The Balaban J connectivity index is 1.07. The van der Waals surface area contributed by atoms with Gasteiger partial charge in [-0.2, -0.15) is 0 Å². The Hall–Kier alpha value is -7.42. The van der Waals surface area contributed by atoms with E-state index in [1.54, 1.807) is 0 Å². The van der Waals surface area contributed by atoms with Crippen LogP contribution in [0.15, 0.2) is 218 Å². The Bertz CT molecular complexity index is 3070.